The van der Waals surface area contributed by atoms with Gasteiger partial charge in [-0.15, -0.1) is 13.2 Å². The fraction of sp³-hybridized carbons (Fsp3) is 0.188. The van der Waals surface area contributed by atoms with Crippen LogP contribution in [0.15, 0.2) is 42.5 Å². The number of methoxy groups -OCH3 is 1. The molecule has 2 rings (SSSR count). The molecule has 0 aliphatic rings. The number of hydrogen-bond donors (Lipinski definition) is 1. The van der Waals surface area contributed by atoms with Crippen LogP contribution in [0.1, 0.15) is 5.56 Å². The molecule has 0 aromatic heterocycles. The van der Waals surface area contributed by atoms with Crippen LogP contribution < -0.4 is 14.8 Å². The maximum Gasteiger partial charge on any atom is 0.573 e. The third-order valence-corrected chi connectivity index (χ3v) is 3.19. The number of anilines is 1. The molecule has 0 bridgehead atoms. The van der Waals surface area contributed by atoms with Gasteiger partial charge in [0.2, 0.25) is 5.91 Å². The van der Waals surface area contributed by atoms with Crippen LogP contribution in [0, 0.1) is 10.1 Å². The predicted molar refractivity (Wildman–Crippen MR) is 85.1 cm³/mol. The van der Waals surface area contributed by atoms with Crippen LogP contribution >= 0.6 is 0 Å². The number of rotatable bonds is 6. The lowest BCUT2D eigenvalue weighted by Crippen LogP contribution is -2.17. The van der Waals surface area contributed by atoms with Crippen LogP contribution in [0.3, 0.4) is 0 Å². The van der Waals surface area contributed by atoms with Gasteiger partial charge in [-0.2, -0.15) is 0 Å². The topological polar surface area (TPSA) is 90.7 Å². The summed E-state index contributed by atoms with van der Waals surface area (Å²) in [6.07, 6.45) is -4.95. The average Bonchev–Trinajstić information content (AvgIpc) is 2.55. The molecule has 0 saturated heterocycles. The van der Waals surface area contributed by atoms with Gasteiger partial charge in [0.25, 0.3) is 5.69 Å². The number of nitro benzene ring substituents is 1. The van der Waals surface area contributed by atoms with Crippen molar-refractivity contribution in [3.8, 4) is 11.5 Å². The smallest absolute Gasteiger partial charge is 0.495 e. The quantitative estimate of drug-likeness (QED) is 0.619. The Balaban J connectivity index is 2.07. The summed E-state index contributed by atoms with van der Waals surface area (Å²) >= 11 is 0. The zero-order chi connectivity index (χ0) is 19.3. The van der Waals surface area contributed by atoms with E-state index >= 15 is 0 Å². The highest BCUT2D eigenvalue weighted by Crippen LogP contribution is 2.29. The summed E-state index contributed by atoms with van der Waals surface area (Å²) in [5, 5.41) is 13.3. The normalized spacial score (nSPS) is 10.9. The van der Waals surface area contributed by atoms with E-state index in [1.165, 1.54) is 31.4 Å². The largest absolute Gasteiger partial charge is 0.573 e. The van der Waals surface area contributed by atoms with E-state index in [4.69, 9.17) is 4.74 Å². The number of carbonyl (C=O) groups excluding carboxylic acids is 1. The predicted octanol–water partition coefficient (Wildman–Crippen LogP) is 3.68. The zero-order valence-corrected chi connectivity index (χ0v) is 13.4. The molecule has 0 unspecified atom stereocenters. The SMILES string of the molecule is COc1ccc([N+](=O)[O-])cc1NC(=O)Cc1ccc(OC(F)(F)F)cc1. The number of ether oxygens (including phenoxy) is 2. The molecule has 2 aromatic rings. The van der Waals surface area contributed by atoms with E-state index in [0.717, 1.165) is 18.2 Å². The lowest BCUT2D eigenvalue weighted by atomic mass is 10.1. The van der Waals surface area contributed by atoms with Crippen LogP contribution in [-0.2, 0) is 11.2 Å². The van der Waals surface area contributed by atoms with E-state index in [1.807, 2.05) is 0 Å². The molecule has 1 N–H and O–H groups in total. The van der Waals surface area contributed by atoms with Crippen molar-refractivity contribution in [1.29, 1.82) is 0 Å². The van der Waals surface area contributed by atoms with Gasteiger partial charge in [0, 0.05) is 12.1 Å². The number of non-ortho nitro benzene ring substituents is 1. The fourth-order valence-corrected chi connectivity index (χ4v) is 2.10. The van der Waals surface area contributed by atoms with E-state index in [1.54, 1.807) is 0 Å². The molecule has 0 fully saturated rings. The molecular weight excluding hydrogens is 357 g/mol. The van der Waals surface area contributed by atoms with Gasteiger partial charge < -0.3 is 14.8 Å². The van der Waals surface area contributed by atoms with E-state index in [2.05, 4.69) is 10.1 Å². The van der Waals surface area contributed by atoms with Crippen LogP contribution in [0.5, 0.6) is 11.5 Å². The molecule has 0 aliphatic carbocycles. The molecular formula is C16H13F3N2O5. The molecule has 7 nitrogen and oxygen atoms in total. The molecule has 0 spiro atoms. The number of carbonyl (C=O) groups is 1. The first kappa shape index (κ1) is 19.0. The summed E-state index contributed by atoms with van der Waals surface area (Å²) < 4.78 is 45.1. The van der Waals surface area contributed by atoms with Crippen molar-refractivity contribution in [2.75, 3.05) is 12.4 Å². The van der Waals surface area contributed by atoms with Crippen LogP contribution in [0.4, 0.5) is 24.5 Å². The van der Waals surface area contributed by atoms with Crippen LogP contribution in [0.2, 0.25) is 0 Å². The molecule has 2 aromatic carbocycles. The second-order valence-corrected chi connectivity index (χ2v) is 5.06. The Kier molecular flexibility index (Phi) is 5.65. The van der Waals surface area contributed by atoms with Gasteiger partial charge in [0.05, 0.1) is 24.1 Å². The summed E-state index contributed by atoms with van der Waals surface area (Å²) in [5.41, 5.74) is 0.319. The number of hydrogen-bond acceptors (Lipinski definition) is 5. The molecule has 138 valence electrons. The summed E-state index contributed by atoms with van der Waals surface area (Å²) in [4.78, 5) is 22.3. The monoisotopic (exact) mass is 370 g/mol. The number of nitrogens with zero attached hydrogens (tertiary/aromatic N) is 1. The van der Waals surface area contributed by atoms with Gasteiger partial charge in [-0.3, -0.25) is 14.9 Å². The standard InChI is InChI=1S/C16H13F3N2O5/c1-25-14-7-4-11(21(23)24)9-13(14)20-15(22)8-10-2-5-12(6-3-10)26-16(17,18)19/h2-7,9H,8H2,1H3,(H,20,22). The molecule has 0 heterocycles. The van der Waals surface area contributed by atoms with Gasteiger partial charge >= 0.3 is 6.36 Å². The van der Waals surface area contributed by atoms with Gasteiger partial charge in [-0.1, -0.05) is 12.1 Å². The highest BCUT2D eigenvalue weighted by molar-refractivity contribution is 5.94. The van der Waals surface area contributed by atoms with E-state index in [9.17, 15) is 28.1 Å². The molecule has 0 atom stereocenters. The Labute approximate surface area is 145 Å². The van der Waals surface area contributed by atoms with Crippen molar-refractivity contribution >= 4 is 17.3 Å². The third kappa shape index (κ3) is 5.36. The summed E-state index contributed by atoms with van der Waals surface area (Å²) in [6, 6.07) is 8.52. The highest BCUT2D eigenvalue weighted by atomic mass is 19.4. The lowest BCUT2D eigenvalue weighted by molar-refractivity contribution is -0.384. The van der Waals surface area contributed by atoms with E-state index < -0.39 is 22.9 Å². The van der Waals surface area contributed by atoms with Crippen molar-refractivity contribution in [3.63, 3.8) is 0 Å². The van der Waals surface area contributed by atoms with E-state index in [-0.39, 0.29) is 23.5 Å². The number of amides is 1. The number of benzene rings is 2. The summed E-state index contributed by atoms with van der Waals surface area (Å²) in [6.45, 7) is 0. The highest BCUT2D eigenvalue weighted by Gasteiger charge is 2.30. The third-order valence-electron chi connectivity index (χ3n) is 3.19. The first-order valence-corrected chi connectivity index (χ1v) is 7.15. The van der Waals surface area contributed by atoms with Gasteiger partial charge in [-0.25, -0.2) is 0 Å². The molecule has 0 aliphatic heterocycles. The molecule has 10 heteroatoms. The Morgan fingerprint density at radius 3 is 2.38 bits per heavy atom. The fourth-order valence-electron chi connectivity index (χ4n) is 2.10. The molecule has 26 heavy (non-hydrogen) atoms. The first-order chi connectivity index (χ1) is 12.2. The minimum atomic E-state index is -4.79. The number of nitrogens with one attached hydrogen (secondary N) is 1. The zero-order valence-electron chi connectivity index (χ0n) is 13.4. The van der Waals surface area contributed by atoms with Gasteiger partial charge in [0.15, 0.2) is 0 Å². The van der Waals surface area contributed by atoms with Crippen molar-refractivity contribution in [2.45, 2.75) is 12.8 Å². The number of alkyl halides is 3. The van der Waals surface area contributed by atoms with Crippen molar-refractivity contribution in [1.82, 2.24) is 0 Å². The molecule has 1 amide bonds. The van der Waals surface area contributed by atoms with E-state index in [0.29, 0.717) is 5.56 Å². The number of halogens is 3. The average molecular weight is 370 g/mol. The summed E-state index contributed by atoms with van der Waals surface area (Å²) in [5.74, 6) is -0.687. The Bertz CT molecular complexity index is 807. The van der Waals surface area contributed by atoms with Crippen LogP contribution in [-0.4, -0.2) is 24.3 Å². The number of nitro groups is 1. The van der Waals surface area contributed by atoms with Crippen molar-refractivity contribution < 1.29 is 32.4 Å². The first-order valence-electron chi connectivity index (χ1n) is 7.15. The Morgan fingerprint density at radius 1 is 1.19 bits per heavy atom. The maximum absolute atomic E-state index is 12.1. The van der Waals surface area contributed by atoms with Crippen molar-refractivity contribution in [2.24, 2.45) is 0 Å². The van der Waals surface area contributed by atoms with Crippen molar-refractivity contribution in [3.05, 3.63) is 58.1 Å². The second kappa shape index (κ2) is 7.72. The minimum Gasteiger partial charge on any atom is -0.495 e. The van der Waals surface area contributed by atoms with Crippen LogP contribution in [0.25, 0.3) is 0 Å². The van der Waals surface area contributed by atoms with Gasteiger partial charge in [-0.05, 0) is 23.8 Å². The Hall–Kier alpha value is -3.30. The Morgan fingerprint density at radius 2 is 1.85 bits per heavy atom. The molecule has 0 saturated carbocycles. The lowest BCUT2D eigenvalue weighted by Gasteiger charge is -2.11. The summed E-state index contributed by atoms with van der Waals surface area (Å²) in [7, 11) is 1.34. The minimum absolute atomic E-state index is 0.115. The molecule has 0 radical (unpaired) electrons. The van der Waals surface area contributed by atoms with Gasteiger partial charge in [0.1, 0.15) is 11.5 Å². The second-order valence-electron chi connectivity index (χ2n) is 5.06. The maximum atomic E-state index is 12.1.